The van der Waals surface area contributed by atoms with Crippen LogP contribution in [-0.4, -0.2) is 6.91 Å². The number of hydrogen-bond acceptors (Lipinski definition) is 0. The summed E-state index contributed by atoms with van der Waals surface area (Å²) in [6, 6.07) is 9.01. The normalized spacial score (nSPS) is 9.86. The van der Waals surface area contributed by atoms with Crippen LogP contribution in [0.15, 0.2) is 42.4 Å². The van der Waals surface area contributed by atoms with Crippen molar-refractivity contribution in [3.05, 3.63) is 54.0 Å². The van der Waals surface area contributed by atoms with Gasteiger partial charge >= 0.3 is 80.7 Å². The first kappa shape index (κ1) is 9.07. The van der Waals surface area contributed by atoms with Gasteiger partial charge in [-0.05, 0) is 0 Å². The monoisotopic (exact) mass is 188 g/mol. The van der Waals surface area contributed by atoms with Crippen molar-refractivity contribution in [1.82, 2.24) is 0 Å². The third kappa shape index (κ3) is 1.87. The van der Waals surface area contributed by atoms with Gasteiger partial charge in [0, 0.05) is 0 Å². The zero-order valence-electron chi connectivity index (χ0n) is 7.37. The molecule has 14 heavy (non-hydrogen) atoms. The Kier molecular flexibility index (Phi) is 2.40. The molecule has 0 aliphatic heterocycles. The summed E-state index contributed by atoms with van der Waals surface area (Å²) in [6.45, 7) is 1.81. The van der Waals surface area contributed by atoms with Crippen LogP contribution in [-0.2, 0) is 0 Å². The van der Waals surface area contributed by atoms with E-state index in [1.165, 1.54) is 12.1 Å². The van der Waals surface area contributed by atoms with E-state index in [0.29, 0.717) is 5.56 Å². The van der Waals surface area contributed by atoms with E-state index in [9.17, 15) is 8.78 Å². The van der Waals surface area contributed by atoms with Crippen LogP contribution in [0.1, 0.15) is 0 Å². The molecular weight excluding hydrogens is 181 g/mol. The van der Waals surface area contributed by atoms with Crippen molar-refractivity contribution in [2.24, 2.45) is 0 Å². The van der Waals surface area contributed by atoms with Crippen molar-refractivity contribution in [3.8, 4) is 11.0 Å². The van der Waals surface area contributed by atoms with Crippen LogP contribution < -0.4 is 0 Å². The fourth-order valence-electron chi connectivity index (χ4n) is 1.35. The number of halogens is 2. The second-order valence-electron chi connectivity index (χ2n) is 3.02. The van der Waals surface area contributed by atoms with E-state index in [1.807, 2.05) is 31.1 Å². The molecule has 0 nitrogen and oxygen atoms in total. The average Bonchev–Trinajstić information content (AvgIpc) is 2.18. The third-order valence-electron chi connectivity index (χ3n) is 1.97. The molecule has 0 amide bonds. The van der Waals surface area contributed by atoms with Crippen LogP contribution in [0.5, 0.6) is 0 Å². The molecule has 0 aliphatic carbocycles. The molecule has 2 aromatic rings. The third-order valence-corrected chi connectivity index (χ3v) is 1.97. The molecule has 0 atom stereocenters. The van der Waals surface area contributed by atoms with Crippen LogP contribution >= 0.6 is 0 Å². The summed E-state index contributed by atoms with van der Waals surface area (Å²) in [5, 5.41) is 0. The van der Waals surface area contributed by atoms with Gasteiger partial charge in [-0.2, -0.15) is 0 Å². The molecule has 2 rings (SSSR count). The van der Waals surface area contributed by atoms with Gasteiger partial charge in [-0.1, -0.05) is 0 Å². The van der Waals surface area contributed by atoms with Crippen molar-refractivity contribution < 1.29 is 8.78 Å². The summed E-state index contributed by atoms with van der Waals surface area (Å²) in [7, 11) is 0. The Morgan fingerprint density at radius 2 is 1.64 bits per heavy atom. The standard InChI is InChI=1S/C11H7BF2/c13-9-5-8(6-10(14)7-9)11-3-1-2-4-12-11/h1-7H. The maximum atomic E-state index is 12.9. The van der Waals surface area contributed by atoms with Gasteiger partial charge in [-0.25, -0.2) is 0 Å². The predicted octanol–water partition coefficient (Wildman–Crippen LogP) is 2.97. The first-order valence-electron chi connectivity index (χ1n) is 4.27. The molecule has 3 heteroatoms. The summed E-state index contributed by atoms with van der Waals surface area (Å²) in [4.78, 5) is 0. The van der Waals surface area contributed by atoms with Crippen molar-refractivity contribution >= 4 is 6.91 Å². The Balaban J connectivity index is 2.52. The average molecular weight is 188 g/mol. The Morgan fingerprint density at radius 3 is 2.21 bits per heavy atom. The summed E-state index contributed by atoms with van der Waals surface area (Å²) < 4.78 is 25.7. The first-order chi connectivity index (χ1) is 6.75. The van der Waals surface area contributed by atoms with Crippen LogP contribution in [0, 0.1) is 11.6 Å². The fraction of sp³-hybridized carbons (Fsp3) is 0. The topological polar surface area (TPSA) is 0 Å². The van der Waals surface area contributed by atoms with Gasteiger partial charge in [-0.3, -0.25) is 0 Å². The summed E-state index contributed by atoms with van der Waals surface area (Å²) in [5.74, 6) is 0.728. The Labute approximate surface area is 81.4 Å². The van der Waals surface area contributed by atoms with Crippen molar-refractivity contribution in [2.45, 2.75) is 0 Å². The van der Waals surface area contributed by atoms with E-state index in [-0.39, 0.29) is 0 Å². The summed E-state index contributed by atoms with van der Waals surface area (Å²) in [6.07, 6.45) is 0. The molecule has 0 saturated carbocycles. The van der Waals surface area contributed by atoms with E-state index < -0.39 is 11.6 Å². The summed E-state index contributed by atoms with van der Waals surface area (Å²) >= 11 is 0. The van der Waals surface area contributed by atoms with E-state index in [0.717, 1.165) is 11.5 Å². The Morgan fingerprint density at radius 1 is 0.929 bits per heavy atom. The molecule has 1 heterocycles. The number of rotatable bonds is 1. The zero-order chi connectivity index (χ0) is 9.97. The zero-order valence-corrected chi connectivity index (χ0v) is 7.37. The molecular formula is C11H7BF2. The van der Waals surface area contributed by atoms with Gasteiger partial charge in [0.2, 0.25) is 0 Å². The minimum atomic E-state index is -0.552. The molecule has 0 fully saturated rings. The van der Waals surface area contributed by atoms with Crippen LogP contribution in [0.4, 0.5) is 8.78 Å². The van der Waals surface area contributed by atoms with E-state index in [2.05, 4.69) is 0 Å². The van der Waals surface area contributed by atoms with E-state index in [1.54, 1.807) is 0 Å². The molecule has 0 saturated heterocycles. The first-order valence-corrected chi connectivity index (χ1v) is 4.27. The predicted molar refractivity (Wildman–Crippen MR) is 53.1 cm³/mol. The molecule has 0 aliphatic rings. The molecule has 1 aromatic heterocycles. The van der Waals surface area contributed by atoms with Gasteiger partial charge in [0.25, 0.3) is 0 Å². The van der Waals surface area contributed by atoms with Gasteiger partial charge in [0.1, 0.15) is 0 Å². The van der Waals surface area contributed by atoms with Crippen LogP contribution in [0.25, 0.3) is 11.0 Å². The maximum absolute atomic E-state index is 12.9. The molecule has 0 spiro atoms. The van der Waals surface area contributed by atoms with Gasteiger partial charge in [0.05, 0.1) is 0 Å². The Bertz CT molecular complexity index is 420. The van der Waals surface area contributed by atoms with Gasteiger partial charge < -0.3 is 0 Å². The molecule has 0 N–H and O–H groups in total. The minimum absolute atomic E-state index is 0.552. The number of hydrogen-bond donors (Lipinski definition) is 0. The molecule has 0 unspecified atom stereocenters. The van der Waals surface area contributed by atoms with Crippen molar-refractivity contribution in [2.75, 3.05) is 0 Å². The second kappa shape index (κ2) is 3.70. The van der Waals surface area contributed by atoms with E-state index in [4.69, 9.17) is 0 Å². The molecule has 0 bridgehead atoms. The van der Waals surface area contributed by atoms with E-state index >= 15 is 0 Å². The number of benzene rings is 1. The molecule has 68 valence electrons. The van der Waals surface area contributed by atoms with Crippen LogP contribution in [0.2, 0.25) is 0 Å². The van der Waals surface area contributed by atoms with Crippen molar-refractivity contribution in [1.29, 1.82) is 0 Å². The summed E-state index contributed by atoms with van der Waals surface area (Å²) in [5.41, 5.74) is 1.37. The van der Waals surface area contributed by atoms with Gasteiger partial charge in [-0.15, -0.1) is 0 Å². The van der Waals surface area contributed by atoms with Gasteiger partial charge in [0.15, 0.2) is 0 Å². The molecule has 0 radical (unpaired) electrons. The SMILES string of the molecule is Fc1cc(F)cc(-c2bcccc2)c1. The fourth-order valence-corrected chi connectivity index (χ4v) is 1.35. The Hall–Kier alpha value is -1.51. The quantitative estimate of drug-likeness (QED) is 0.645. The second-order valence-corrected chi connectivity index (χ2v) is 3.02. The van der Waals surface area contributed by atoms with Crippen LogP contribution in [0.3, 0.4) is 0 Å². The van der Waals surface area contributed by atoms with Crippen molar-refractivity contribution in [3.63, 3.8) is 0 Å². The molecule has 1 aromatic carbocycles.